The number of nitriles is 1. The van der Waals surface area contributed by atoms with Crippen LogP contribution in [0.25, 0.3) is 10.9 Å². The normalized spacial score (nSPS) is 20.0. The van der Waals surface area contributed by atoms with Gasteiger partial charge in [0.05, 0.1) is 18.7 Å². The van der Waals surface area contributed by atoms with Crippen LogP contribution in [-0.4, -0.2) is 60.8 Å². The van der Waals surface area contributed by atoms with Crippen molar-refractivity contribution in [2.45, 2.75) is 50.1 Å². The molecule has 0 bridgehead atoms. The van der Waals surface area contributed by atoms with Crippen LogP contribution in [0.4, 0.5) is 0 Å². The third kappa shape index (κ3) is 5.91. The highest BCUT2D eigenvalue weighted by atomic mass is 16.5. The van der Waals surface area contributed by atoms with Crippen LogP contribution in [0.5, 0.6) is 0 Å². The maximum Gasteiger partial charge on any atom is 0.322 e. The fourth-order valence-corrected chi connectivity index (χ4v) is 4.79. The van der Waals surface area contributed by atoms with Gasteiger partial charge < -0.3 is 30.5 Å². The van der Waals surface area contributed by atoms with E-state index in [-0.39, 0.29) is 30.5 Å². The molecule has 10 nitrogen and oxygen atoms in total. The fraction of sp³-hybridized carbons (Fsp3) is 0.500. The number of benzene rings is 1. The molecule has 3 atom stereocenters. The van der Waals surface area contributed by atoms with Crippen LogP contribution in [0.15, 0.2) is 24.3 Å². The summed E-state index contributed by atoms with van der Waals surface area (Å²) < 4.78 is 4.95. The Kier molecular flexibility index (Phi) is 7.70. The molecule has 1 aromatic carbocycles. The Morgan fingerprint density at radius 2 is 2.11 bits per heavy atom. The van der Waals surface area contributed by atoms with Crippen LogP contribution in [-0.2, 0) is 19.1 Å². The predicted molar refractivity (Wildman–Crippen MR) is 131 cm³/mol. The molecule has 1 saturated carbocycles. The summed E-state index contributed by atoms with van der Waals surface area (Å²) in [6, 6.07) is 8.03. The van der Waals surface area contributed by atoms with Crippen molar-refractivity contribution >= 4 is 35.0 Å². The molecule has 2 fully saturated rings. The lowest BCUT2D eigenvalue weighted by molar-refractivity contribution is -0.144. The third-order valence-corrected chi connectivity index (χ3v) is 7.00. The van der Waals surface area contributed by atoms with Crippen molar-refractivity contribution in [1.29, 1.82) is 5.26 Å². The summed E-state index contributed by atoms with van der Waals surface area (Å²) in [6.07, 6.45) is 4.86. The molecule has 190 valence electrons. The van der Waals surface area contributed by atoms with Crippen LogP contribution in [0.3, 0.4) is 0 Å². The summed E-state index contributed by atoms with van der Waals surface area (Å²) in [5.74, 6) is -1.10. The molecule has 1 aliphatic carbocycles. The standard InChI is InChI=1S/C26H31N5O5/c1-36-25(35)22(11-19-3-2-8-28-23(19)33)29-14-26(15-32,12-16-4-5-16)31-24(34)21-10-18-7-6-17(13-27)9-20(18)30-21/h6-7,9-10,15-16,19,22,29-30H,2-5,8,11-12,14H2,1H3,(H,28,33)(H,31,34)/t19-,22-,26+/m0/s1. The molecule has 10 heteroatoms. The quantitative estimate of drug-likeness (QED) is 0.274. The first-order chi connectivity index (χ1) is 17.4. The summed E-state index contributed by atoms with van der Waals surface area (Å²) in [5, 5.41) is 18.7. The number of rotatable bonds is 11. The van der Waals surface area contributed by atoms with Crippen LogP contribution in [0.1, 0.15) is 54.6 Å². The molecule has 4 N–H and O–H groups in total. The van der Waals surface area contributed by atoms with Crippen LogP contribution >= 0.6 is 0 Å². The Morgan fingerprint density at radius 3 is 2.78 bits per heavy atom. The number of hydrogen-bond donors (Lipinski definition) is 4. The maximum absolute atomic E-state index is 13.2. The minimum absolute atomic E-state index is 0.0195. The molecule has 1 aliphatic heterocycles. The van der Waals surface area contributed by atoms with Gasteiger partial charge in [0.15, 0.2) is 0 Å². The highest BCUT2D eigenvalue weighted by Crippen LogP contribution is 2.36. The van der Waals surface area contributed by atoms with E-state index in [1.54, 1.807) is 24.3 Å². The molecule has 36 heavy (non-hydrogen) atoms. The number of aldehydes is 1. The van der Waals surface area contributed by atoms with E-state index in [9.17, 15) is 19.2 Å². The number of carbonyl (C=O) groups excluding carboxylic acids is 4. The minimum atomic E-state index is -1.24. The zero-order valence-corrected chi connectivity index (χ0v) is 20.3. The second-order valence-corrected chi connectivity index (χ2v) is 9.79. The zero-order chi connectivity index (χ0) is 25.7. The van der Waals surface area contributed by atoms with Gasteiger partial charge in [-0.15, -0.1) is 0 Å². The van der Waals surface area contributed by atoms with Gasteiger partial charge in [-0.2, -0.15) is 5.26 Å². The maximum atomic E-state index is 13.2. The summed E-state index contributed by atoms with van der Waals surface area (Å²) in [7, 11) is 1.28. The smallest absolute Gasteiger partial charge is 0.322 e. The summed E-state index contributed by atoms with van der Waals surface area (Å²) in [6.45, 7) is 0.643. The van der Waals surface area contributed by atoms with E-state index >= 15 is 0 Å². The molecule has 0 spiro atoms. The summed E-state index contributed by atoms with van der Waals surface area (Å²) >= 11 is 0. The number of aromatic nitrogens is 1. The lowest BCUT2D eigenvalue weighted by Gasteiger charge is -2.32. The minimum Gasteiger partial charge on any atom is -0.468 e. The average Bonchev–Trinajstić information content (AvgIpc) is 3.60. The number of hydrogen-bond acceptors (Lipinski definition) is 7. The lowest BCUT2D eigenvalue weighted by Crippen LogP contribution is -2.59. The van der Waals surface area contributed by atoms with E-state index in [2.05, 4.69) is 27.0 Å². The SMILES string of the molecule is COC(=O)[C@H](C[C@@H]1CCCNC1=O)NC[C@@](C=O)(CC1CC1)NC(=O)c1cc2ccc(C#N)cc2[nH]1. The van der Waals surface area contributed by atoms with E-state index in [4.69, 9.17) is 10.00 Å². The Bertz CT molecular complexity index is 1200. The van der Waals surface area contributed by atoms with E-state index in [0.29, 0.717) is 36.4 Å². The highest BCUT2D eigenvalue weighted by molar-refractivity contribution is 5.99. The molecular formula is C26H31N5O5. The molecular weight excluding hydrogens is 462 g/mol. The summed E-state index contributed by atoms with van der Waals surface area (Å²) in [4.78, 5) is 53.4. The van der Waals surface area contributed by atoms with Gasteiger partial charge in [0.2, 0.25) is 5.91 Å². The van der Waals surface area contributed by atoms with Crippen molar-refractivity contribution < 1.29 is 23.9 Å². The molecule has 0 unspecified atom stereocenters. The molecule has 2 amide bonds. The second-order valence-electron chi connectivity index (χ2n) is 9.79. The van der Waals surface area contributed by atoms with Crippen LogP contribution < -0.4 is 16.0 Å². The van der Waals surface area contributed by atoms with Gasteiger partial charge >= 0.3 is 5.97 Å². The number of esters is 1. The van der Waals surface area contributed by atoms with Gasteiger partial charge in [-0.05, 0) is 49.8 Å². The van der Waals surface area contributed by atoms with E-state index in [1.807, 2.05) is 0 Å². The zero-order valence-electron chi connectivity index (χ0n) is 20.3. The first-order valence-electron chi connectivity index (χ1n) is 12.3. The Balaban J connectivity index is 1.51. The largest absolute Gasteiger partial charge is 0.468 e. The van der Waals surface area contributed by atoms with Gasteiger partial charge in [0.1, 0.15) is 23.6 Å². The average molecular weight is 494 g/mol. The van der Waals surface area contributed by atoms with Gasteiger partial charge in [0, 0.05) is 29.9 Å². The third-order valence-electron chi connectivity index (χ3n) is 7.00. The lowest BCUT2D eigenvalue weighted by atomic mass is 9.90. The van der Waals surface area contributed by atoms with Gasteiger partial charge in [-0.25, -0.2) is 0 Å². The number of nitrogens with one attached hydrogen (secondary N) is 4. The van der Waals surface area contributed by atoms with Crippen LogP contribution in [0.2, 0.25) is 0 Å². The number of piperidine rings is 1. The molecule has 1 aromatic heterocycles. The first-order valence-corrected chi connectivity index (χ1v) is 12.3. The number of ether oxygens (including phenoxy) is 1. The second kappa shape index (κ2) is 10.9. The summed E-state index contributed by atoms with van der Waals surface area (Å²) in [5.41, 5.74) is 0.143. The van der Waals surface area contributed by atoms with Gasteiger partial charge in [-0.3, -0.25) is 14.4 Å². The Hall–Kier alpha value is -3.71. The first kappa shape index (κ1) is 25.4. The Labute approximate surface area is 209 Å². The highest BCUT2D eigenvalue weighted by Gasteiger charge is 2.40. The number of aromatic amines is 1. The van der Waals surface area contributed by atoms with Crippen molar-refractivity contribution in [2.24, 2.45) is 11.8 Å². The topological polar surface area (TPSA) is 153 Å². The van der Waals surface area contributed by atoms with Crippen molar-refractivity contribution in [3.63, 3.8) is 0 Å². The van der Waals surface area contributed by atoms with E-state index < -0.39 is 23.5 Å². The molecule has 0 radical (unpaired) electrons. The molecule has 4 rings (SSSR count). The molecule has 2 aliphatic rings. The fourth-order valence-electron chi connectivity index (χ4n) is 4.79. The van der Waals surface area contributed by atoms with Crippen molar-refractivity contribution in [3.8, 4) is 6.07 Å². The molecule has 2 heterocycles. The van der Waals surface area contributed by atoms with Crippen molar-refractivity contribution in [3.05, 3.63) is 35.5 Å². The molecule has 2 aromatic rings. The number of carbonyl (C=O) groups is 4. The van der Waals surface area contributed by atoms with E-state index in [0.717, 1.165) is 30.9 Å². The van der Waals surface area contributed by atoms with Gasteiger partial charge in [-0.1, -0.05) is 18.9 Å². The number of amides is 2. The Morgan fingerprint density at radius 1 is 1.31 bits per heavy atom. The number of nitrogens with zero attached hydrogens (tertiary/aromatic N) is 1. The van der Waals surface area contributed by atoms with Crippen molar-refractivity contribution in [2.75, 3.05) is 20.2 Å². The number of H-pyrrole nitrogens is 1. The number of fused-ring (bicyclic) bond motifs is 1. The number of methoxy groups -OCH3 is 1. The van der Waals surface area contributed by atoms with Crippen LogP contribution in [0, 0.1) is 23.2 Å². The van der Waals surface area contributed by atoms with Gasteiger partial charge in [0.25, 0.3) is 5.91 Å². The van der Waals surface area contributed by atoms with E-state index in [1.165, 1.54) is 7.11 Å². The predicted octanol–water partition coefficient (Wildman–Crippen LogP) is 1.55. The molecule has 1 saturated heterocycles. The van der Waals surface area contributed by atoms with Crippen molar-refractivity contribution in [1.82, 2.24) is 20.9 Å². The monoisotopic (exact) mass is 493 g/mol.